The predicted molar refractivity (Wildman–Crippen MR) is 134 cm³/mol. The standard InChI is InChI=1S/C26H20O18/c27-8-1-5(2-9(28)14(8)31)22(38)42-25-20(37)19(36)21-26(44-25)43-24(40)7-4-11(30)16(33)18(35)13(7)12-6(23(39)41-21)3-10(29)15(32)17(12)34/h1-4,19-21,25-37H/t19-,20?,21+,25-,26?/m1/s1. The van der Waals surface area contributed by atoms with Gasteiger partial charge >= 0.3 is 17.9 Å². The molecule has 11 N–H and O–H groups in total. The van der Waals surface area contributed by atoms with Crippen LogP contribution in [0.2, 0.25) is 0 Å². The number of benzene rings is 3. The molecule has 1 fully saturated rings. The zero-order chi connectivity index (χ0) is 32.4. The Morgan fingerprint density at radius 2 is 1.07 bits per heavy atom. The number of aromatic hydroxyl groups is 9. The summed E-state index contributed by atoms with van der Waals surface area (Å²) in [6.45, 7) is 0. The highest BCUT2D eigenvalue weighted by Gasteiger charge is 2.51. The molecule has 0 amide bonds. The van der Waals surface area contributed by atoms with Crippen molar-refractivity contribution in [2.75, 3.05) is 0 Å². The minimum Gasteiger partial charge on any atom is -0.504 e. The second-order valence-corrected chi connectivity index (χ2v) is 9.43. The number of hydrogen-bond acceptors (Lipinski definition) is 18. The van der Waals surface area contributed by atoms with E-state index in [1.165, 1.54) is 0 Å². The molecule has 18 heteroatoms. The molecule has 3 aromatic rings. The van der Waals surface area contributed by atoms with Crippen LogP contribution >= 0.6 is 0 Å². The van der Waals surface area contributed by atoms with Gasteiger partial charge in [0.2, 0.25) is 24.1 Å². The number of carbonyl (C=O) groups is 3. The summed E-state index contributed by atoms with van der Waals surface area (Å²) in [7, 11) is 0. The zero-order valence-electron chi connectivity index (χ0n) is 21.5. The van der Waals surface area contributed by atoms with Crippen LogP contribution in [-0.4, -0.2) is 105 Å². The highest BCUT2D eigenvalue weighted by molar-refractivity contribution is 6.08. The lowest BCUT2D eigenvalue weighted by Gasteiger charge is -2.41. The molecule has 0 aliphatic carbocycles. The maximum absolute atomic E-state index is 13.3. The Bertz CT molecular complexity index is 1710. The predicted octanol–water partition coefficient (Wildman–Crippen LogP) is -0.339. The van der Waals surface area contributed by atoms with E-state index >= 15 is 0 Å². The molecule has 3 aromatic carbocycles. The van der Waals surface area contributed by atoms with Crippen molar-refractivity contribution < 1.29 is 89.5 Å². The van der Waals surface area contributed by atoms with Crippen LogP contribution in [0.4, 0.5) is 0 Å². The summed E-state index contributed by atoms with van der Waals surface area (Å²) >= 11 is 0. The Balaban J connectivity index is 1.59. The molecule has 232 valence electrons. The number of phenolic OH excluding ortho intramolecular Hbond substituents is 9. The number of rotatable bonds is 2. The van der Waals surface area contributed by atoms with Gasteiger partial charge in [0, 0.05) is 11.1 Å². The summed E-state index contributed by atoms with van der Waals surface area (Å²) in [5.41, 5.74) is -4.16. The fourth-order valence-corrected chi connectivity index (χ4v) is 4.49. The first kappa shape index (κ1) is 29.6. The minimum absolute atomic E-state index is 0.525. The normalized spacial score (nSPS) is 22.9. The quantitative estimate of drug-likeness (QED) is 0.0991. The Morgan fingerprint density at radius 3 is 1.57 bits per heavy atom. The van der Waals surface area contributed by atoms with Crippen molar-refractivity contribution in [3.8, 4) is 62.9 Å². The first-order valence-corrected chi connectivity index (χ1v) is 12.1. The van der Waals surface area contributed by atoms with Crippen LogP contribution in [0.15, 0.2) is 24.3 Å². The van der Waals surface area contributed by atoms with Crippen molar-refractivity contribution in [3.63, 3.8) is 0 Å². The molecule has 0 spiro atoms. The fraction of sp³-hybridized carbons (Fsp3) is 0.192. The smallest absolute Gasteiger partial charge is 0.341 e. The number of phenols is 9. The average Bonchev–Trinajstić information content (AvgIpc) is 2.97. The van der Waals surface area contributed by atoms with Gasteiger partial charge in [0.15, 0.2) is 46.4 Å². The van der Waals surface area contributed by atoms with Gasteiger partial charge in [-0.1, -0.05) is 0 Å². The van der Waals surface area contributed by atoms with Crippen LogP contribution in [0.3, 0.4) is 0 Å². The van der Waals surface area contributed by atoms with E-state index in [-0.39, 0.29) is 0 Å². The van der Waals surface area contributed by atoms with Gasteiger partial charge in [-0.2, -0.15) is 0 Å². The molecule has 0 bridgehead atoms. The van der Waals surface area contributed by atoms with Crippen LogP contribution in [-0.2, 0) is 18.9 Å². The molecule has 1 saturated heterocycles. The third kappa shape index (κ3) is 4.64. The third-order valence-electron chi connectivity index (χ3n) is 6.69. The number of esters is 3. The molecule has 2 unspecified atom stereocenters. The van der Waals surface area contributed by atoms with Gasteiger partial charge in [-0.25, -0.2) is 14.4 Å². The average molecular weight is 620 g/mol. The highest BCUT2D eigenvalue weighted by atomic mass is 16.8. The molecule has 5 atom stereocenters. The molecule has 44 heavy (non-hydrogen) atoms. The highest BCUT2D eigenvalue weighted by Crippen LogP contribution is 2.53. The van der Waals surface area contributed by atoms with Crippen molar-refractivity contribution in [2.24, 2.45) is 0 Å². The molecule has 0 aromatic heterocycles. The van der Waals surface area contributed by atoms with Crippen molar-refractivity contribution >= 4 is 17.9 Å². The molecule has 0 radical (unpaired) electrons. The van der Waals surface area contributed by atoms with Crippen molar-refractivity contribution in [2.45, 2.75) is 30.9 Å². The van der Waals surface area contributed by atoms with Gasteiger partial charge in [0.25, 0.3) is 0 Å². The van der Waals surface area contributed by atoms with Gasteiger partial charge < -0.3 is 70.4 Å². The molecule has 0 saturated carbocycles. The summed E-state index contributed by atoms with van der Waals surface area (Å²) in [5.74, 6) is -14.7. The van der Waals surface area contributed by atoms with Gasteiger partial charge in [-0.05, 0) is 24.3 Å². The van der Waals surface area contributed by atoms with Crippen LogP contribution in [0.1, 0.15) is 31.1 Å². The van der Waals surface area contributed by atoms with Gasteiger partial charge in [-0.3, -0.25) is 4.74 Å². The summed E-state index contributed by atoms with van der Waals surface area (Å²) in [5, 5.41) is 112. The van der Waals surface area contributed by atoms with E-state index in [1.54, 1.807) is 0 Å². The van der Waals surface area contributed by atoms with E-state index in [9.17, 15) is 70.6 Å². The fourth-order valence-electron chi connectivity index (χ4n) is 4.49. The number of carbonyl (C=O) groups excluding carboxylic acids is 3. The van der Waals surface area contributed by atoms with E-state index in [0.717, 1.165) is 0 Å². The molecular weight excluding hydrogens is 600 g/mol. The largest absolute Gasteiger partial charge is 0.504 e. The number of hydrogen-bond donors (Lipinski definition) is 11. The van der Waals surface area contributed by atoms with E-state index < -0.39 is 128 Å². The minimum atomic E-state index is -2.27. The summed E-state index contributed by atoms with van der Waals surface area (Å²) in [6, 6.07) is 2.39. The topological polar surface area (TPSA) is 311 Å². The summed E-state index contributed by atoms with van der Waals surface area (Å²) in [6.07, 6.45) is -11.1. The van der Waals surface area contributed by atoms with Crippen molar-refractivity contribution in [3.05, 3.63) is 41.0 Å². The van der Waals surface area contributed by atoms with Gasteiger partial charge in [0.1, 0.15) is 12.2 Å². The molecule has 2 aliphatic rings. The lowest BCUT2D eigenvalue weighted by atomic mass is 9.91. The lowest BCUT2D eigenvalue weighted by molar-refractivity contribution is -0.324. The Kier molecular flexibility index (Phi) is 7.04. The number of ether oxygens (including phenoxy) is 4. The molecule has 2 aliphatic heterocycles. The van der Waals surface area contributed by atoms with Crippen LogP contribution < -0.4 is 0 Å². The Hall–Kier alpha value is -5.85. The van der Waals surface area contributed by atoms with Gasteiger partial charge in [0.05, 0.1) is 16.7 Å². The van der Waals surface area contributed by atoms with E-state index in [2.05, 4.69) is 0 Å². The van der Waals surface area contributed by atoms with Crippen molar-refractivity contribution in [1.82, 2.24) is 0 Å². The lowest BCUT2D eigenvalue weighted by Crippen LogP contribution is -2.61. The molecular formula is C26H20O18. The second kappa shape index (κ2) is 10.5. The Morgan fingerprint density at radius 1 is 0.614 bits per heavy atom. The third-order valence-corrected chi connectivity index (χ3v) is 6.69. The van der Waals surface area contributed by atoms with E-state index in [4.69, 9.17) is 18.9 Å². The van der Waals surface area contributed by atoms with Crippen molar-refractivity contribution in [1.29, 1.82) is 0 Å². The maximum atomic E-state index is 13.3. The first-order chi connectivity index (χ1) is 20.6. The maximum Gasteiger partial charge on any atom is 0.341 e. The molecule has 18 nitrogen and oxygen atoms in total. The summed E-state index contributed by atoms with van der Waals surface area (Å²) < 4.78 is 20.5. The summed E-state index contributed by atoms with van der Waals surface area (Å²) in [4.78, 5) is 39.2. The number of aliphatic hydroxyl groups is 2. The number of aliphatic hydroxyl groups excluding tert-OH is 2. The number of fused-ring (bicyclic) bond motifs is 4. The van der Waals surface area contributed by atoms with E-state index in [1.807, 2.05) is 0 Å². The Labute approximate surface area is 242 Å². The van der Waals surface area contributed by atoms with E-state index in [0.29, 0.717) is 24.3 Å². The second-order valence-electron chi connectivity index (χ2n) is 9.43. The monoisotopic (exact) mass is 620 g/mol. The zero-order valence-corrected chi connectivity index (χ0v) is 21.5. The molecule has 2 heterocycles. The first-order valence-electron chi connectivity index (χ1n) is 12.1. The molecule has 5 rings (SSSR count). The van der Waals surface area contributed by atoms with Crippen LogP contribution in [0, 0.1) is 0 Å². The van der Waals surface area contributed by atoms with Crippen LogP contribution in [0.5, 0.6) is 51.7 Å². The van der Waals surface area contributed by atoms with Crippen LogP contribution in [0.25, 0.3) is 11.1 Å². The van der Waals surface area contributed by atoms with Gasteiger partial charge in [-0.15, -0.1) is 0 Å². The SMILES string of the molecule is O=C(O[C@@H]1OC2OC(=O)c3cc(O)c(O)c(O)c3-c3c(cc(O)c(O)c3O)C(=O)O[C@H]2[C@H](O)C1O)c1cc(O)c(O)c(O)c1.